The van der Waals surface area contributed by atoms with Crippen LogP contribution in [0.1, 0.15) is 13.8 Å². The van der Waals surface area contributed by atoms with Crippen molar-refractivity contribution in [1.82, 2.24) is 10.6 Å². The molecule has 0 saturated heterocycles. The first-order chi connectivity index (χ1) is 9.93. The number of rotatable bonds is 6. The maximum Gasteiger partial charge on any atom is 0.321 e. The molecule has 8 heteroatoms. The summed E-state index contributed by atoms with van der Waals surface area (Å²) in [4.78, 5) is 23.4. The zero-order valence-electron chi connectivity index (χ0n) is 11.7. The molecule has 21 heavy (non-hydrogen) atoms. The molecule has 0 radical (unpaired) electrons. The second-order valence-electron chi connectivity index (χ2n) is 4.09. The molecule has 0 bridgehead atoms. The highest BCUT2D eigenvalue weighted by Gasteiger charge is 2.17. The van der Waals surface area contributed by atoms with Crippen molar-refractivity contribution in [3.63, 3.8) is 0 Å². The predicted molar refractivity (Wildman–Crippen MR) is 78.6 cm³/mol. The number of anilines is 1. The lowest BCUT2D eigenvalue weighted by Crippen LogP contribution is -2.45. The van der Waals surface area contributed by atoms with Crippen LogP contribution < -0.4 is 16.0 Å². The second-order valence-corrected chi connectivity index (χ2v) is 5.12. The van der Waals surface area contributed by atoms with Gasteiger partial charge in [-0.15, -0.1) is 0 Å². The van der Waals surface area contributed by atoms with Crippen molar-refractivity contribution in [3.8, 4) is 0 Å². The number of thioether (sulfide) groups is 1. The fourth-order valence-electron chi connectivity index (χ4n) is 1.51. The Labute approximate surface area is 125 Å². The summed E-state index contributed by atoms with van der Waals surface area (Å²) < 4.78 is 24.9. The van der Waals surface area contributed by atoms with Gasteiger partial charge in [0.2, 0.25) is 5.91 Å². The summed E-state index contributed by atoms with van der Waals surface area (Å²) in [5.74, 6) is -3.09. The van der Waals surface area contributed by atoms with Crippen LogP contribution in [0.25, 0.3) is 0 Å². The highest BCUT2D eigenvalue weighted by molar-refractivity contribution is 7.99. The minimum Gasteiger partial charge on any atom is -0.373 e. The Morgan fingerprint density at radius 1 is 1.29 bits per heavy atom. The van der Waals surface area contributed by atoms with E-state index in [1.807, 2.05) is 0 Å². The Balaban J connectivity index is 2.67. The molecule has 1 atom stereocenters. The van der Waals surface area contributed by atoms with E-state index >= 15 is 0 Å². The van der Waals surface area contributed by atoms with Crippen LogP contribution in [0.3, 0.4) is 0 Å². The minimum atomic E-state index is -2.55. The van der Waals surface area contributed by atoms with Crippen molar-refractivity contribution >= 4 is 29.4 Å². The second kappa shape index (κ2) is 8.46. The van der Waals surface area contributed by atoms with E-state index in [4.69, 9.17) is 0 Å². The molecule has 5 nitrogen and oxygen atoms in total. The van der Waals surface area contributed by atoms with E-state index in [0.29, 0.717) is 28.9 Å². The third kappa shape index (κ3) is 5.99. The molecule has 3 N–H and O–H groups in total. The topological polar surface area (TPSA) is 70.2 Å². The fourth-order valence-corrected chi connectivity index (χ4v) is 2.11. The van der Waals surface area contributed by atoms with Crippen LogP contribution in [0.4, 0.5) is 19.3 Å². The maximum atomic E-state index is 12.5. The van der Waals surface area contributed by atoms with Crippen LogP contribution in [-0.2, 0) is 4.79 Å². The predicted octanol–water partition coefficient (Wildman–Crippen LogP) is 2.65. The average Bonchev–Trinajstić information content (AvgIpc) is 2.40. The minimum absolute atomic E-state index is 0.338. The first kappa shape index (κ1) is 17.2. The molecule has 0 aromatic heterocycles. The number of para-hydroxylation sites is 1. The number of amides is 3. The molecule has 1 aromatic carbocycles. The quantitative estimate of drug-likeness (QED) is 0.706. The normalized spacial score (nSPS) is 11.9. The third-order valence-electron chi connectivity index (χ3n) is 2.44. The Bertz CT molecular complexity index is 500. The zero-order chi connectivity index (χ0) is 15.8. The molecule has 1 aromatic rings. The lowest BCUT2D eigenvalue weighted by Gasteiger charge is -2.17. The highest BCUT2D eigenvalue weighted by Crippen LogP contribution is 2.31. The number of urea groups is 1. The van der Waals surface area contributed by atoms with Gasteiger partial charge < -0.3 is 10.6 Å². The molecule has 0 spiro atoms. The number of carbonyl (C=O) groups excluding carboxylic acids is 2. The molecule has 1 unspecified atom stereocenters. The van der Waals surface area contributed by atoms with Crippen molar-refractivity contribution in [2.45, 2.75) is 30.5 Å². The molecule has 0 fully saturated rings. The fraction of sp³-hybridized carbons (Fsp3) is 0.385. The maximum absolute atomic E-state index is 12.5. The molecule has 1 rings (SSSR count). The molecule has 3 amide bonds. The van der Waals surface area contributed by atoms with Crippen molar-refractivity contribution in [3.05, 3.63) is 24.3 Å². The van der Waals surface area contributed by atoms with Gasteiger partial charge in [0.1, 0.15) is 6.04 Å². The van der Waals surface area contributed by atoms with Gasteiger partial charge in [0.05, 0.1) is 0 Å². The van der Waals surface area contributed by atoms with Crippen LogP contribution in [-0.4, -0.2) is 30.3 Å². The summed E-state index contributed by atoms with van der Waals surface area (Å²) in [6.45, 7) is 3.66. The van der Waals surface area contributed by atoms with Crippen LogP contribution in [0.2, 0.25) is 0 Å². The number of benzene rings is 1. The zero-order valence-corrected chi connectivity index (χ0v) is 12.5. The van der Waals surface area contributed by atoms with Gasteiger partial charge in [0, 0.05) is 17.1 Å². The number of imide groups is 1. The summed E-state index contributed by atoms with van der Waals surface area (Å²) in [6.07, 6.45) is 0. The molecule has 0 saturated carbocycles. The van der Waals surface area contributed by atoms with Gasteiger partial charge in [0.25, 0.3) is 5.76 Å². The monoisotopic (exact) mass is 317 g/mol. The van der Waals surface area contributed by atoms with E-state index in [1.165, 1.54) is 6.07 Å². The third-order valence-corrected chi connectivity index (χ3v) is 3.23. The number of carbonyl (C=O) groups is 2. The first-order valence-corrected chi connectivity index (χ1v) is 7.21. The Kier molecular flexibility index (Phi) is 6.93. The molecular weight excluding hydrogens is 300 g/mol. The molecule has 0 heterocycles. The van der Waals surface area contributed by atoms with Crippen LogP contribution in [0.5, 0.6) is 0 Å². The van der Waals surface area contributed by atoms with Gasteiger partial charge in [-0.1, -0.05) is 23.9 Å². The van der Waals surface area contributed by atoms with E-state index in [9.17, 15) is 18.4 Å². The molecule has 0 aliphatic carbocycles. The Morgan fingerprint density at radius 2 is 1.95 bits per heavy atom. The molecular formula is C13H17F2N3O2S. The average molecular weight is 317 g/mol. The summed E-state index contributed by atoms with van der Waals surface area (Å²) >= 11 is 0.394. The summed E-state index contributed by atoms with van der Waals surface area (Å²) in [6, 6.07) is 5.11. The smallest absolute Gasteiger partial charge is 0.321 e. The SMILES string of the molecule is CCNC(=O)NC(=O)C(C)Nc1ccccc1SC(F)F. The van der Waals surface area contributed by atoms with E-state index in [-0.39, 0.29) is 0 Å². The van der Waals surface area contributed by atoms with Crippen molar-refractivity contribution in [1.29, 1.82) is 0 Å². The van der Waals surface area contributed by atoms with E-state index < -0.39 is 23.7 Å². The Morgan fingerprint density at radius 3 is 2.57 bits per heavy atom. The number of alkyl halides is 2. The highest BCUT2D eigenvalue weighted by atomic mass is 32.2. The Hall–Kier alpha value is -1.83. The van der Waals surface area contributed by atoms with Crippen LogP contribution in [0, 0.1) is 0 Å². The van der Waals surface area contributed by atoms with Crippen molar-refractivity contribution in [2.75, 3.05) is 11.9 Å². The number of hydrogen-bond donors (Lipinski definition) is 3. The van der Waals surface area contributed by atoms with E-state index in [0.717, 1.165) is 0 Å². The first-order valence-electron chi connectivity index (χ1n) is 6.33. The standard InChI is InChI=1S/C13H17F2N3O2S/c1-3-16-13(20)18-11(19)8(2)17-9-6-4-5-7-10(9)21-12(14)15/h4-8,12,17H,3H2,1-2H3,(H2,16,18,19,20). The van der Waals surface area contributed by atoms with Gasteiger partial charge in [-0.2, -0.15) is 8.78 Å². The van der Waals surface area contributed by atoms with Gasteiger partial charge >= 0.3 is 6.03 Å². The van der Waals surface area contributed by atoms with Crippen LogP contribution >= 0.6 is 11.8 Å². The largest absolute Gasteiger partial charge is 0.373 e. The lowest BCUT2D eigenvalue weighted by molar-refractivity contribution is -0.120. The molecule has 0 aliphatic rings. The van der Waals surface area contributed by atoms with Gasteiger partial charge in [-0.3, -0.25) is 10.1 Å². The van der Waals surface area contributed by atoms with Gasteiger partial charge in [-0.05, 0) is 26.0 Å². The van der Waals surface area contributed by atoms with Crippen molar-refractivity contribution in [2.24, 2.45) is 0 Å². The van der Waals surface area contributed by atoms with Gasteiger partial charge in [0.15, 0.2) is 0 Å². The van der Waals surface area contributed by atoms with Crippen molar-refractivity contribution < 1.29 is 18.4 Å². The summed E-state index contributed by atoms with van der Waals surface area (Å²) in [5, 5.41) is 7.40. The van der Waals surface area contributed by atoms with Gasteiger partial charge in [-0.25, -0.2) is 4.79 Å². The van der Waals surface area contributed by atoms with Crippen LogP contribution in [0.15, 0.2) is 29.2 Å². The summed E-state index contributed by atoms with van der Waals surface area (Å²) in [5.41, 5.74) is 0.418. The number of nitrogens with one attached hydrogen (secondary N) is 3. The van der Waals surface area contributed by atoms with E-state index in [1.54, 1.807) is 32.0 Å². The molecule has 116 valence electrons. The number of halogens is 2. The summed E-state index contributed by atoms with van der Waals surface area (Å²) in [7, 11) is 0. The number of hydrogen-bond acceptors (Lipinski definition) is 4. The van der Waals surface area contributed by atoms with E-state index in [2.05, 4.69) is 16.0 Å². The lowest BCUT2D eigenvalue weighted by atomic mass is 10.2. The molecule has 0 aliphatic heterocycles.